The zero-order chi connectivity index (χ0) is 21.3. The quantitative estimate of drug-likeness (QED) is 0.496. The average Bonchev–Trinajstić information content (AvgIpc) is 2.77. The van der Waals surface area contributed by atoms with Gasteiger partial charge in [-0.3, -0.25) is 0 Å². The first kappa shape index (κ1) is 21.9. The number of methoxy groups -OCH3 is 1. The second-order valence-electron chi connectivity index (χ2n) is 8.04. The molecule has 3 aromatic rings. The number of hydrogen-bond acceptors (Lipinski definition) is 2. The fraction of sp³-hybridized carbons (Fsp3) is 0.333. The minimum atomic E-state index is 0.176. The lowest BCUT2D eigenvalue weighted by molar-refractivity contribution is -0.693. The summed E-state index contributed by atoms with van der Waals surface area (Å²) in [4.78, 5) is 0. The molecule has 2 N–H and O–H groups in total. The Morgan fingerprint density at radius 1 is 0.767 bits per heavy atom. The van der Waals surface area contributed by atoms with Crippen molar-refractivity contribution >= 4 is 0 Å². The highest BCUT2D eigenvalue weighted by Gasteiger charge is 2.20. The smallest absolute Gasteiger partial charge is 0.122 e. The van der Waals surface area contributed by atoms with Gasteiger partial charge in [-0.2, -0.15) is 0 Å². The fourth-order valence-corrected chi connectivity index (χ4v) is 3.91. The Morgan fingerprint density at radius 2 is 1.43 bits per heavy atom. The molecule has 0 fully saturated rings. The molecular weight excluding hydrogens is 370 g/mol. The van der Waals surface area contributed by atoms with Crippen LogP contribution in [0.3, 0.4) is 0 Å². The summed E-state index contributed by atoms with van der Waals surface area (Å²) < 4.78 is 11.5. The van der Waals surface area contributed by atoms with Crippen LogP contribution in [0.25, 0.3) is 0 Å². The fourth-order valence-electron chi connectivity index (χ4n) is 3.91. The van der Waals surface area contributed by atoms with Crippen LogP contribution in [0, 0.1) is 0 Å². The largest absolute Gasteiger partial charge is 0.496 e. The third-order valence-electron chi connectivity index (χ3n) is 5.47. The lowest BCUT2D eigenvalue weighted by Crippen LogP contribution is -2.84. The van der Waals surface area contributed by atoms with E-state index in [1.54, 1.807) is 7.11 Å². The molecule has 0 aliphatic carbocycles. The Kier molecular flexibility index (Phi) is 7.92. The first-order valence-corrected chi connectivity index (χ1v) is 10.9. The van der Waals surface area contributed by atoms with Crippen LogP contribution in [-0.4, -0.2) is 19.8 Å². The van der Waals surface area contributed by atoms with Gasteiger partial charge in [-0.25, -0.2) is 0 Å². The van der Waals surface area contributed by atoms with Gasteiger partial charge in [-0.15, -0.1) is 0 Å². The van der Waals surface area contributed by atoms with Gasteiger partial charge in [0.15, 0.2) is 0 Å². The number of hydrogen-bond donors (Lipinski definition) is 1. The van der Waals surface area contributed by atoms with Crippen molar-refractivity contribution < 1.29 is 14.8 Å². The van der Waals surface area contributed by atoms with E-state index in [0.717, 1.165) is 24.5 Å². The van der Waals surface area contributed by atoms with Crippen molar-refractivity contribution in [3.63, 3.8) is 0 Å². The molecule has 0 unspecified atom stereocenters. The molecule has 0 amide bonds. The number of nitrogens with two attached hydrogens (primary N) is 1. The van der Waals surface area contributed by atoms with E-state index in [-0.39, 0.29) is 12.0 Å². The van der Waals surface area contributed by atoms with E-state index >= 15 is 0 Å². The molecule has 30 heavy (non-hydrogen) atoms. The molecule has 0 aliphatic heterocycles. The van der Waals surface area contributed by atoms with Gasteiger partial charge in [0.05, 0.1) is 19.8 Å². The Bertz CT molecular complexity index is 890. The van der Waals surface area contributed by atoms with Crippen LogP contribution in [0.5, 0.6) is 11.5 Å². The summed E-state index contributed by atoms with van der Waals surface area (Å²) in [6.45, 7) is 7.40. The lowest BCUT2D eigenvalue weighted by Gasteiger charge is -2.21. The average molecular weight is 405 g/mol. The highest BCUT2D eigenvalue weighted by molar-refractivity contribution is 5.43. The number of ether oxygens (including phenoxy) is 2. The molecule has 0 bridgehead atoms. The summed E-state index contributed by atoms with van der Waals surface area (Å²) >= 11 is 0. The van der Waals surface area contributed by atoms with Crippen molar-refractivity contribution in [1.29, 1.82) is 0 Å². The number of quaternary nitrogens is 1. The highest BCUT2D eigenvalue weighted by Crippen LogP contribution is 2.34. The van der Waals surface area contributed by atoms with Crippen molar-refractivity contribution in [1.82, 2.24) is 0 Å². The van der Waals surface area contributed by atoms with Gasteiger partial charge in [0.1, 0.15) is 17.5 Å². The van der Waals surface area contributed by atoms with Crippen LogP contribution in [0.1, 0.15) is 55.8 Å². The summed E-state index contributed by atoms with van der Waals surface area (Å²) in [7, 11) is 1.75. The first-order chi connectivity index (χ1) is 14.6. The highest BCUT2D eigenvalue weighted by atomic mass is 16.5. The van der Waals surface area contributed by atoms with Crippen molar-refractivity contribution in [2.45, 2.75) is 45.3 Å². The van der Waals surface area contributed by atoms with Crippen molar-refractivity contribution in [3.05, 3.63) is 95.6 Å². The SMILES string of the molecule is COc1ccccc1[C@H](CC[NH2+][C@@H](C)c1ccccc1)c1ccc(OC(C)C)cc1. The minimum absolute atomic E-state index is 0.176. The molecule has 3 rings (SSSR count). The van der Waals surface area contributed by atoms with Gasteiger partial charge < -0.3 is 14.8 Å². The Morgan fingerprint density at radius 3 is 2.10 bits per heavy atom. The topological polar surface area (TPSA) is 35.1 Å². The van der Waals surface area contributed by atoms with E-state index in [2.05, 4.69) is 98.9 Å². The van der Waals surface area contributed by atoms with E-state index in [4.69, 9.17) is 9.47 Å². The molecule has 2 atom stereocenters. The zero-order valence-electron chi connectivity index (χ0n) is 18.5. The van der Waals surface area contributed by atoms with E-state index < -0.39 is 0 Å². The molecule has 0 aliphatic rings. The summed E-state index contributed by atoms with van der Waals surface area (Å²) in [5, 5.41) is 2.42. The maximum Gasteiger partial charge on any atom is 0.122 e. The molecule has 3 heteroatoms. The zero-order valence-corrected chi connectivity index (χ0v) is 18.5. The van der Waals surface area contributed by atoms with Gasteiger partial charge in [0.2, 0.25) is 0 Å². The normalized spacial score (nSPS) is 13.1. The van der Waals surface area contributed by atoms with Gasteiger partial charge in [-0.05, 0) is 44.5 Å². The molecule has 0 radical (unpaired) electrons. The second-order valence-corrected chi connectivity index (χ2v) is 8.04. The minimum Gasteiger partial charge on any atom is -0.496 e. The molecule has 3 nitrogen and oxygen atoms in total. The molecule has 0 saturated heterocycles. The van der Waals surface area contributed by atoms with Gasteiger partial charge in [0, 0.05) is 23.5 Å². The van der Waals surface area contributed by atoms with Gasteiger partial charge >= 0.3 is 0 Å². The predicted molar refractivity (Wildman–Crippen MR) is 123 cm³/mol. The molecule has 0 heterocycles. The van der Waals surface area contributed by atoms with Crippen LogP contribution in [0.15, 0.2) is 78.9 Å². The maximum absolute atomic E-state index is 5.83. The number of benzene rings is 3. The van der Waals surface area contributed by atoms with Crippen LogP contribution < -0.4 is 14.8 Å². The Balaban J connectivity index is 1.78. The van der Waals surface area contributed by atoms with Gasteiger partial charge in [0.25, 0.3) is 0 Å². The predicted octanol–water partition coefficient (Wildman–Crippen LogP) is 5.33. The summed E-state index contributed by atoms with van der Waals surface area (Å²) in [5.41, 5.74) is 3.89. The third-order valence-corrected chi connectivity index (χ3v) is 5.47. The Labute approximate surface area is 181 Å². The van der Waals surface area contributed by atoms with E-state index in [9.17, 15) is 0 Å². The van der Waals surface area contributed by atoms with E-state index in [1.807, 2.05) is 6.07 Å². The second kappa shape index (κ2) is 10.8. The van der Waals surface area contributed by atoms with Crippen LogP contribution in [-0.2, 0) is 0 Å². The van der Waals surface area contributed by atoms with Crippen molar-refractivity contribution in [2.24, 2.45) is 0 Å². The van der Waals surface area contributed by atoms with Crippen LogP contribution >= 0.6 is 0 Å². The molecule has 0 aromatic heterocycles. The Hall–Kier alpha value is -2.78. The summed E-state index contributed by atoms with van der Waals surface area (Å²) in [5.74, 6) is 2.13. The van der Waals surface area contributed by atoms with Crippen LogP contribution in [0.2, 0.25) is 0 Å². The lowest BCUT2D eigenvalue weighted by atomic mass is 9.87. The van der Waals surface area contributed by atoms with E-state index in [1.165, 1.54) is 16.7 Å². The molecular formula is C27H34NO2+. The molecule has 158 valence electrons. The molecule has 0 spiro atoms. The number of para-hydroxylation sites is 1. The van der Waals surface area contributed by atoms with Crippen molar-refractivity contribution in [3.8, 4) is 11.5 Å². The maximum atomic E-state index is 5.83. The number of rotatable bonds is 10. The van der Waals surface area contributed by atoms with Gasteiger partial charge in [-0.1, -0.05) is 60.7 Å². The van der Waals surface area contributed by atoms with E-state index in [0.29, 0.717) is 6.04 Å². The third kappa shape index (κ3) is 5.87. The standard InChI is InChI=1S/C27H33NO2/c1-20(2)30-24-16-14-23(15-17-24)25(26-12-8-9-13-27(26)29-4)18-19-28-21(3)22-10-6-5-7-11-22/h5-17,20-21,25,28H,18-19H2,1-4H3/p+1/t21-,25+/m0/s1. The monoisotopic (exact) mass is 404 g/mol. The molecule has 3 aromatic carbocycles. The van der Waals surface area contributed by atoms with Crippen LogP contribution in [0.4, 0.5) is 0 Å². The first-order valence-electron chi connectivity index (χ1n) is 10.9. The summed E-state index contributed by atoms with van der Waals surface area (Å²) in [6.07, 6.45) is 1.21. The molecule has 0 saturated carbocycles. The summed E-state index contributed by atoms with van der Waals surface area (Å²) in [6, 6.07) is 28.0. The van der Waals surface area contributed by atoms with Crippen molar-refractivity contribution in [2.75, 3.05) is 13.7 Å².